The Kier molecular flexibility index (Phi) is 5.53. The molecule has 1 heterocycles. The van der Waals surface area contributed by atoms with Gasteiger partial charge < -0.3 is 20.7 Å². The van der Waals surface area contributed by atoms with Gasteiger partial charge in [-0.3, -0.25) is 0 Å². The summed E-state index contributed by atoms with van der Waals surface area (Å²) in [6.07, 6.45) is 3.69. The molecule has 3 N–H and O–H groups in total. The smallest absolute Gasteiger partial charge is 0.121 e. The predicted molar refractivity (Wildman–Crippen MR) is 85.8 cm³/mol. The van der Waals surface area contributed by atoms with Crippen LogP contribution in [0.25, 0.3) is 0 Å². The number of rotatable bonds is 6. The van der Waals surface area contributed by atoms with E-state index >= 15 is 0 Å². The molecule has 4 nitrogen and oxygen atoms in total. The molecule has 1 aliphatic rings. The molecule has 0 saturated carbocycles. The van der Waals surface area contributed by atoms with E-state index in [2.05, 4.69) is 29.3 Å². The Hall–Kier alpha value is -1.42. The second kappa shape index (κ2) is 7.39. The number of piperidine rings is 1. The van der Waals surface area contributed by atoms with Gasteiger partial charge in [0.15, 0.2) is 0 Å². The van der Waals surface area contributed by atoms with Gasteiger partial charge in [0.1, 0.15) is 5.75 Å². The zero-order chi connectivity index (χ0) is 14.4. The van der Waals surface area contributed by atoms with Crippen LogP contribution in [0, 0.1) is 5.92 Å². The van der Waals surface area contributed by atoms with E-state index in [0.29, 0.717) is 0 Å². The summed E-state index contributed by atoms with van der Waals surface area (Å²) in [6.45, 7) is 6.08. The summed E-state index contributed by atoms with van der Waals surface area (Å²) in [7, 11) is 1.71. The standard InChI is InChI=1S/C16H27N3O/c1-3-18-15-11-14(20-2)6-7-16(15)19-10-4-5-13(12-19)8-9-17/h6-7,11,13,18H,3-5,8-10,12,17H2,1-2H3. The number of ether oxygens (including phenoxy) is 1. The minimum atomic E-state index is 0.727. The van der Waals surface area contributed by atoms with Gasteiger partial charge in [0.05, 0.1) is 18.5 Å². The lowest BCUT2D eigenvalue weighted by Gasteiger charge is -2.35. The Bertz CT molecular complexity index is 420. The van der Waals surface area contributed by atoms with Crippen LogP contribution in [0.4, 0.5) is 11.4 Å². The Morgan fingerprint density at radius 3 is 3.00 bits per heavy atom. The lowest BCUT2D eigenvalue weighted by Crippen LogP contribution is -2.36. The van der Waals surface area contributed by atoms with E-state index in [9.17, 15) is 0 Å². The molecule has 0 amide bonds. The molecule has 2 rings (SSSR count). The zero-order valence-corrected chi connectivity index (χ0v) is 12.7. The molecule has 112 valence electrons. The van der Waals surface area contributed by atoms with Crippen LogP contribution >= 0.6 is 0 Å². The van der Waals surface area contributed by atoms with E-state index < -0.39 is 0 Å². The first-order chi connectivity index (χ1) is 9.78. The number of nitrogens with zero attached hydrogens (tertiary/aromatic N) is 1. The van der Waals surface area contributed by atoms with Crippen molar-refractivity contribution in [2.24, 2.45) is 11.7 Å². The number of anilines is 2. The van der Waals surface area contributed by atoms with Crippen molar-refractivity contribution in [3.63, 3.8) is 0 Å². The number of nitrogens with one attached hydrogen (secondary N) is 1. The number of methoxy groups -OCH3 is 1. The van der Waals surface area contributed by atoms with Gasteiger partial charge in [-0.25, -0.2) is 0 Å². The fraction of sp³-hybridized carbons (Fsp3) is 0.625. The van der Waals surface area contributed by atoms with Crippen LogP contribution in [0.5, 0.6) is 5.75 Å². The van der Waals surface area contributed by atoms with Gasteiger partial charge in [-0.05, 0) is 50.8 Å². The first-order valence-corrected chi connectivity index (χ1v) is 7.65. The van der Waals surface area contributed by atoms with Gasteiger partial charge in [-0.1, -0.05) is 0 Å². The maximum atomic E-state index is 5.71. The normalized spacial score (nSPS) is 18.9. The van der Waals surface area contributed by atoms with Gasteiger partial charge in [-0.2, -0.15) is 0 Å². The van der Waals surface area contributed by atoms with E-state index in [-0.39, 0.29) is 0 Å². The summed E-state index contributed by atoms with van der Waals surface area (Å²) in [5.41, 5.74) is 8.16. The van der Waals surface area contributed by atoms with Crippen molar-refractivity contribution in [3.05, 3.63) is 18.2 Å². The molecule has 0 radical (unpaired) electrons. The molecule has 1 aliphatic heterocycles. The zero-order valence-electron chi connectivity index (χ0n) is 12.7. The third kappa shape index (κ3) is 3.57. The van der Waals surface area contributed by atoms with Crippen LogP contribution in [-0.2, 0) is 0 Å². The lowest BCUT2D eigenvalue weighted by molar-refractivity contribution is 0.395. The molecule has 1 unspecified atom stereocenters. The minimum Gasteiger partial charge on any atom is -0.497 e. The average Bonchev–Trinajstić information content (AvgIpc) is 2.48. The predicted octanol–water partition coefficient (Wildman–Crippen LogP) is 2.69. The number of hydrogen-bond acceptors (Lipinski definition) is 4. The molecular weight excluding hydrogens is 250 g/mol. The Labute approximate surface area is 122 Å². The summed E-state index contributed by atoms with van der Waals surface area (Å²) in [4.78, 5) is 2.49. The quantitative estimate of drug-likeness (QED) is 0.839. The highest BCUT2D eigenvalue weighted by atomic mass is 16.5. The summed E-state index contributed by atoms with van der Waals surface area (Å²) in [5.74, 6) is 1.63. The maximum absolute atomic E-state index is 5.71. The monoisotopic (exact) mass is 277 g/mol. The highest BCUT2D eigenvalue weighted by Crippen LogP contribution is 2.33. The van der Waals surface area contributed by atoms with E-state index in [0.717, 1.165) is 44.3 Å². The Morgan fingerprint density at radius 1 is 1.45 bits per heavy atom. The summed E-state index contributed by atoms with van der Waals surface area (Å²) >= 11 is 0. The van der Waals surface area contributed by atoms with Crippen LogP contribution < -0.4 is 20.7 Å². The van der Waals surface area contributed by atoms with Crippen molar-refractivity contribution in [2.75, 3.05) is 43.5 Å². The summed E-state index contributed by atoms with van der Waals surface area (Å²) in [6, 6.07) is 6.30. The largest absolute Gasteiger partial charge is 0.497 e. The van der Waals surface area contributed by atoms with Crippen LogP contribution in [0.2, 0.25) is 0 Å². The van der Waals surface area contributed by atoms with Crippen LogP contribution in [-0.4, -0.2) is 33.3 Å². The molecule has 0 aliphatic carbocycles. The summed E-state index contributed by atoms with van der Waals surface area (Å²) < 4.78 is 5.33. The number of nitrogens with two attached hydrogens (primary N) is 1. The molecule has 4 heteroatoms. The molecule has 1 saturated heterocycles. The molecule has 0 spiro atoms. The van der Waals surface area contributed by atoms with Gasteiger partial charge in [0.2, 0.25) is 0 Å². The fourth-order valence-electron chi connectivity index (χ4n) is 3.01. The number of hydrogen-bond donors (Lipinski definition) is 2. The van der Waals surface area contributed by atoms with Crippen molar-refractivity contribution in [2.45, 2.75) is 26.2 Å². The van der Waals surface area contributed by atoms with E-state index in [1.165, 1.54) is 24.2 Å². The highest BCUT2D eigenvalue weighted by Gasteiger charge is 2.21. The lowest BCUT2D eigenvalue weighted by atomic mass is 9.94. The van der Waals surface area contributed by atoms with Gasteiger partial charge >= 0.3 is 0 Å². The number of benzene rings is 1. The third-order valence-electron chi connectivity index (χ3n) is 4.01. The van der Waals surface area contributed by atoms with E-state index in [4.69, 9.17) is 10.5 Å². The average molecular weight is 277 g/mol. The molecule has 1 aromatic carbocycles. The third-order valence-corrected chi connectivity index (χ3v) is 4.01. The highest BCUT2D eigenvalue weighted by molar-refractivity contribution is 5.72. The second-order valence-electron chi connectivity index (χ2n) is 5.45. The second-order valence-corrected chi connectivity index (χ2v) is 5.45. The first-order valence-electron chi connectivity index (χ1n) is 7.65. The topological polar surface area (TPSA) is 50.5 Å². The molecule has 20 heavy (non-hydrogen) atoms. The van der Waals surface area contributed by atoms with Crippen molar-refractivity contribution < 1.29 is 4.74 Å². The molecule has 1 aromatic rings. The van der Waals surface area contributed by atoms with Crippen molar-refractivity contribution in [1.82, 2.24) is 0 Å². The molecule has 0 bridgehead atoms. The van der Waals surface area contributed by atoms with Gasteiger partial charge in [-0.15, -0.1) is 0 Å². The SMILES string of the molecule is CCNc1cc(OC)ccc1N1CCCC(CCN)C1. The molecule has 1 fully saturated rings. The van der Waals surface area contributed by atoms with E-state index in [1.807, 2.05) is 6.07 Å². The first kappa shape index (κ1) is 15.0. The maximum Gasteiger partial charge on any atom is 0.121 e. The van der Waals surface area contributed by atoms with Gasteiger partial charge in [0, 0.05) is 25.7 Å². The summed E-state index contributed by atoms with van der Waals surface area (Å²) in [5, 5.41) is 3.45. The van der Waals surface area contributed by atoms with Crippen molar-refractivity contribution in [1.29, 1.82) is 0 Å². The van der Waals surface area contributed by atoms with E-state index in [1.54, 1.807) is 7.11 Å². The van der Waals surface area contributed by atoms with Crippen molar-refractivity contribution >= 4 is 11.4 Å². The molecule has 1 atom stereocenters. The molecular formula is C16H27N3O. The van der Waals surface area contributed by atoms with Crippen LogP contribution in [0.1, 0.15) is 26.2 Å². The fourth-order valence-corrected chi connectivity index (χ4v) is 3.01. The van der Waals surface area contributed by atoms with Crippen LogP contribution in [0.3, 0.4) is 0 Å². The Balaban J connectivity index is 2.17. The molecule has 0 aromatic heterocycles. The van der Waals surface area contributed by atoms with Crippen molar-refractivity contribution in [3.8, 4) is 5.75 Å². The van der Waals surface area contributed by atoms with Crippen LogP contribution in [0.15, 0.2) is 18.2 Å². The van der Waals surface area contributed by atoms with Gasteiger partial charge in [0.25, 0.3) is 0 Å². The Morgan fingerprint density at radius 2 is 2.30 bits per heavy atom. The minimum absolute atomic E-state index is 0.727.